The summed E-state index contributed by atoms with van der Waals surface area (Å²) in [6, 6.07) is 8.90. The van der Waals surface area contributed by atoms with Gasteiger partial charge in [0.15, 0.2) is 0 Å². The maximum Gasteiger partial charge on any atom is 0.431 e. The molecule has 26 heavy (non-hydrogen) atoms. The fourth-order valence-electron chi connectivity index (χ4n) is 2.16. The van der Waals surface area contributed by atoms with Crippen LogP contribution in [0, 0.1) is 0 Å². The molecule has 4 nitrogen and oxygen atoms in total. The van der Waals surface area contributed by atoms with Gasteiger partial charge in [-0.05, 0) is 48.6 Å². The number of halogens is 5. The van der Waals surface area contributed by atoms with Crippen LogP contribution >= 0.6 is 23.2 Å². The Kier molecular flexibility index (Phi) is 4.93. The molecule has 0 fully saturated rings. The van der Waals surface area contributed by atoms with Crippen LogP contribution in [0.5, 0.6) is 0 Å². The Hall–Kier alpha value is -2.51. The lowest BCUT2D eigenvalue weighted by atomic mass is 10.2. The smallest absolute Gasteiger partial charge is 0.431 e. The quantitative estimate of drug-likeness (QED) is 0.628. The second-order valence-corrected chi connectivity index (χ2v) is 6.03. The lowest BCUT2D eigenvalue weighted by molar-refractivity contribution is -0.141. The highest BCUT2D eigenvalue weighted by Crippen LogP contribution is 2.32. The fourth-order valence-corrected chi connectivity index (χ4v) is 2.66. The predicted octanol–water partition coefficient (Wildman–Crippen LogP) is 5.53. The van der Waals surface area contributed by atoms with Gasteiger partial charge in [0.1, 0.15) is 17.2 Å². The highest BCUT2D eigenvalue weighted by molar-refractivity contribution is 6.36. The third-order valence-electron chi connectivity index (χ3n) is 3.31. The van der Waals surface area contributed by atoms with Crippen LogP contribution in [0.25, 0.3) is 23.5 Å². The van der Waals surface area contributed by atoms with E-state index in [1.807, 2.05) is 0 Å². The maximum atomic E-state index is 12.7. The van der Waals surface area contributed by atoms with Gasteiger partial charge in [0.25, 0.3) is 0 Å². The van der Waals surface area contributed by atoms with Crippen LogP contribution in [-0.2, 0) is 6.18 Å². The van der Waals surface area contributed by atoms with Gasteiger partial charge in [0.2, 0.25) is 0 Å². The van der Waals surface area contributed by atoms with Crippen molar-refractivity contribution < 1.29 is 17.6 Å². The minimum Gasteiger partial charge on any atom is -0.457 e. The number of alkyl halides is 3. The largest absolute Gasteiger partial charge is 0.457 e. The monoisotopic (exact) mass is 400 g/mol. The second kappa shape index (κ2) is 7.01. The molecule has 0 unspecified atom stereocenters. The number of furan rings is 1. The number of rotatable bonds is 3. The van der Waals surface area contributed by atoms with Crippen molar-refractivity contribution in [1.29, 1.82) is 0 Å². The lowest BCUT2D eigenvalue weighted by Gasteiger charge is -2.05. The summed E-state index contributed by atoms with van der Waals surface area (Å²) in [5.74, 6) is 0.808. The van der Waals surface area contributed by atoms with Crippen molar-refractivity contribution in [3.8, 4) is 11.3 Å². The summed E-state index contributed by atoms with van der Waals surface area (Å²) < 4.78 is 43.7. The molecule has 0 atom stereocenters. The zero-order chi connectivity index (χ0) is 18.9. The van der Waals surface area contributed by atoms with E-state index in [0.29, 0.717) is 27.1 Å². The van der Waals surface area contributed by atoms with Gasteiger partial charge in [-0.25, -0.2) is 4.79 Å². The van der Waals surface area contributed by atoms with Crippen LogP contribution in [0.4, 0.5) is 13.2 Å². The van der Waals surface area contributed by atoms with E-state index >= 15 is 0 Å². The van der Waals surface area contributed by atoms with Crippen LogP contribution < -0.4 is 5.69 Å². The topological polar surface area (TPSA) is 58.9 Å². The number of H-pyrrole nitrogens is 1. The fraction of sp³-hybridized carbons (Fsp3) is 0.0588. The summed E-state index contributed by atoms with van der Waals surface area (Å²) >= 11 is 12.0. The Morgan fingerprint density at radius 2 is 1.85 bits per heavy atom. The molecule has 2 aromatic heterocycles. The minimum atomic E-state index is -4.67. The molecule has 1 aromatic carbocycles. The van der Waals surface area contributed by atoms with Crippen LogP contribution in [0.3, 0.4) is 0 Å². The van der Waals surface area contributed by atoms with Crippen molar-refractivity contribution in [3.05, 3.63) is 74.1 Å². The second-order valence-electron chi connectivity index (χ2n) is 5.18. The van der Waals surface area contributed by atoms with Gasteiger partial charge in [0, 0.05) is 10.6 Å². The average Bonchev–Trinajstić information content (AvgIpc) is 3.00. The molecule has 0 saturated carbocycles. The Morgan fingerprint density at radius 1 is 1.08 bits per heavy atom. The minimum absolute atomic E-state index is 0.149. The number of hydrogen-bond donors (Lipinski definition) is 1. The van der Waals surface area contributed by atoms with Crippen LogP contribution in [-0.4, -0.2) is 9.97 Å². The lowest BCUT2D eigenvalue weighted by Crippen LogP contribution is -2.19. The summed E-state index contributed by atoms with van der Waals surface area (Å²) in [5, 5.41) is 0.875. The number of benzene rings is 1. The highest BCUT2D eigenvalue weighted by Gasteiger charge is 2.32. The van der Waals surface area contributed by atoms with Crippen molar-refractivity contribution in [1.82, 2.24) is 9.97 Å². The summed E-state index contributed by atoms with van der Waals surface area (Å²) in [5.41, 5.74) is -1.80. The van der Waals surface area contributed by atoms with Gasteiger partial charge >= 0.3 is 11.9 Å². The van der Waals surface area contributed by atoms with E-state index in [1.165, 1.54) is 12.2 Å². The molecule has 0 spiro atoms. The first kappa shape index (κ1) is 18.3. The molecular weight excluding hydrogens is 392 g/mol. The molecule has 0 aliphatic carbocycles. The van der Waals surface area contributed by atoms with Crippen molar-refractivity contribution >= 4 is 35.4 Å². The highest BCUT2D eigenvalue weighted by atomic mass is 35.5. The normalized spacial score (nSPS) is 12.0. The van der Waals surface area contributed by atoms with Gasteiger partial charge in [-0.3, -0.25) is 0 Å². The first-order valence-corrected chi connectivity index (χ1v) is 7.90. The van der Waals surface area contributed by atoms with Crippen molar-refractivity contribution in [3.63, 3.8) is 0 Å². The van der Waals surface area contributed by atoms with Gasteiger partial charge in [-0.2, -0.15) is 18.2 Å². The van der Waals surface area contributed by atoms with Gasteiger partial charge < -0.3 is 9.40 Å². The molecule has 0 bridgehead atoms. The van der Waals surface area contributed by atoms with E-state index in [-0.39, 0.29) is 5.69 Å². The third-order valence-corrected chi connectivity index (χ3v) is 3.86. The predicted molar refractivity (Wildman–Crippen MR) is 93.0 cm³/mol. The Labute approximate surface area is 154 Å². The van der Waals surface area contributed by atoms with E-state index in [9.17, 15) is 18.0 Å². The zero-order valence-electron chi connectivity index (χ0n) is 12.8. The molecule has 3 aromatic rings. The molecule has 0 aliphatic heterocycles. The van der Waals surface area contributed by atoms with Crippen LogP contribution in [0.15, 0.2) is 45.6 Å². The van der Waals surface area contributed by atoms with E-state index in [0.717, 1.165) is 6.07 Å². The summed E-state index contributed by atoms with van der Waals surface area (Å²) in [4.78, 5) is 16.4. The van der Waals surface area contributed by atoms with E-state index < -0.39 is 17.6 Å². The summed E-state index contributed by atoms with van der Waals surface area (Å²) in [7, 11) is 0. The van der Waals surface area contributed by atoms with Crippen molar-refractivity contribution in [2.45, 2.75) is 6.18 Å². The third kappa shape index (κ3) is 4.17. The molecule has 9 heteroatoms. The molecule has 2 heterocycles. The van der Waals surface area contributed by atoms with E-state index in [2.05, 4.69) is 4.98 Å². The molecular formula is C17H9Cl2F3N2O2. The average molecular weight is 401 g/mol. The molecule has 1 N–H and O–H groups in total. The maximum absolute atomic E-state index is 12.7. The number of nitrogens with zero attached hydrogens (tertiary/aromatic N) is 1. The number of hydrogen-bond acceptors (Lipinski definition) is 3. The molecule has 0 saturated heterocycles. The summed E-state index contributed by atoms with van der Waals surface area (Å²) in [6.45, 7) is 0. The molecule has 134 valence electrons. The van der Waals surface area contributed by atoms with Crippen molar-refractivity contribution in [2.24, 2.45) is 0 Å². The van der Waals surface area contributed by atoms with Crippen molar-refractivity contribution in [2.75, 3.05) is 0 Å². The van der Waals surface area contributed by atoms with E-state index in [4.69, 9.17) is 27.6 Å². The molecule has 0 amide bonds. The molecule has 0 aliphatic rings. The van der Waals surface area contributed by atoms with Crippen LogP contribution in [0.2, 0.25) is 10.0 Å². The van der Waals surface area contributed by atoms with Gasteiger partial charge in [-0.15, -0.1) is 0 Å². The van der Waals surface area contributed by atoms with Crippen LogP contribution in [0.1, 0.15) is 17.1 Å². The number of aromatic amines is 1. The Morgan fingerprint density at radius 3 is 2.54 bits per heavy atom. The Bertz CT molecular complexity index is 1040. The number of nitrogens with one attached hydrogen (secondary N) is 1. The first-order valence-electron chi connectivity index (χ1n) is 7.14. The van der Waals surface area contributed by atoms with Gasteiger partial charge in [0.05, 0.1) is 10.7 Å². The zero-order valence-corrected chi connectivity index (χ0v) is 14.3. The Balaban J connectivity index is 1.88. The van der Waals surface area contributed by atoms with E-state index in [1.54, 1.807) is 35.3 Å². The molecule has 3 rings (SSSR count). The first-order chi connectivity index (χ1) is 12.2. The summed E-state index contributed by atoms with van der Waals surface area (Å²) in [6.07, 6.45) is -2.03. The van der Waals surface area contributed by atoms with Gasteiger partial charge in [-0.1, -0.05) is 23.2 Å². The SMILES string of the molecule is O=c1nc(/C=C/c2ccc(-c3ccc(Cl)cc3Cl)o2)cc(C(F)(F)F)[nH]1. The standard InChI is InChI=1S/C17H9Cl2F3N2O2/c18-9-1-5-12(13(19)7-9)14-6-4-11(26-14)3-2-10-8-15(17(20,21)22)24-16(25)23-10/h1-8H,(H,23,24,25)/b3-2+. The number of aromatic nitrogens is 2. The molecule has 0 radical (unpaired) electrons.